The van der Waals surface area contributed by atoms with Crippen LogP contribution in [-0.2, 0) is 14.6 Å². The number of halogens is 1. The quantitative estimate of drug-likeness (QED) is 0.445. The third-order valence-electron chi connectivity index (χ3n) is 7.93. The SMILES string of the molecule is CO[C@@H]1CCN(c2cc3c(cnn3-c3cc(N4C[C@H](CS(C)(=O)=O)[C@H]4C)cc(C(C)C)n3)c(C)n2)C[C@@H]1F. The molecule has 2 fully saturated rings. The summed E-state index contributed by atoms with van der Waals surface area (Å²) in [7, 11) is -1.48. The Morgan fingerprint density at radius 3 is 2.55 bits per heavy atom. The van der Waals surface area contributed by atoms with Gasteiger partial charge in [-0.15, -0.1) is 0 Å². The van der Waals surface area contributed by atoms with Crippen molar-refractivity contribution in [1.29, 1.82) is 0 Å². The number of fused-ring (bicyclic) bond motifs is 1. The number of nitrogens with zero attached hydrogens (tertiary/aromatic N) is 6. The smallest absolute Gasteiger partial charge is 0.156 e. The fourth-order valence-corrected chi connectivity index (χ4v) is 6.73. The van der Waals surface area contributed by atoms with Gasteiger partial charge in [0.2, 0.25) is 0 Å². The lowest BCUT2D eigenvalue weighted by molar-refractivity contribution is 0.0195. The maximum atomic E-state index is 14.7. The Balaban J connectivity index is 1.51. The van der Waals surface area contributed by atoms with E-state index in [1.54, 1.807) is 13.3 Å². The highest BCUT2D eigenvalue weighted by molar-refractivity contribution is 7.90. The van der Waals surface area contributed by atoms with E-state index in [9.17, 15) is 12.8 Å². The molecular weight excluding hydrogens is 507 g/mol. The highest BCUT2D eigenvalue weighted by Gasteiger charge is 2.38. The van der Waals surface area contributed by atoms with Crippen molar-refractivity contribution in [3.05, 3.63) is 35.8 Å². The Hall–Kier alpha value is -2.79. The van der Waals surface area contributed by atoms with E-state index < -0.39 is 16.0 Å². The van der Waals surface area contributed by atoms with Crippen molar-refractivity contribution in [2.75, 3.05) is 48.6 Å². The van der Waals surface area contributed by atoms with E-state index in [1.165, 1.54) is 6.26 Å². The van der Waals surface area contributed by atoms with E-state index >= 15 is 0 Å². The maximum Gasteiger partial charge on any atom is 0.156 e. The number of anilines is 2. The monoisotopic (exact) mass is 544 g/mol. The first-order valence-corrected chi connectivity index (χ1v) is 15.2. The van der Waals surface area contributed by atoms with Crippen LogP contribution in [0.4, 0.5) is 15.9 Å². The number of hydrogen-bond acceptors (Lipinski definition) is 8. The van der Waals surface area contributed by atoms with Gasteiger partial charge in [0.1, 0.15) is 21.8 Å². The Bertz CT molecular complexity index is 1440. The lowest BCUT2D eigenvalue weighted by Gasteiger charge is -2.48. The Kier molecular flexibility index (Phi) is 7.10. The summed E-state index contributed by atoms with van der Waals surface area (Å²) >= 11 is 0. The summed E-state index contributed by atoms with van der Waals surface area (Å²) in [6, 6.07) is 6.18. The van der Waals surface area contributed by atoms with Gasteiger partial charge < -0.3 is 14.5 Å². The van der Waals surface area contributed by atoms with Crippen LogP contribution in [0.15, 0.2) is 24.4 Å². The molecule has 5 rings (SSSR count). The van der Waals surface area contributed by atoms with E-state index in [2.05, 4.69) is 36.8 Å². The molecule has 0 unspecified atom stereocenters. The average molecular weight is 545 g/mol. The number of hydrogen-bond donors (Lipinski definition) is 0. The van der Waals surface area contributed by atoms with Gasteiger partial charge in [-0.05, 0) is 32.3 Å². The molecule has 5 heterocycles. The minimum absolute atomic E-state index is 0.104. The zero-order chi connectivity index (χ0) is 27.4. The van der Waals surface area contributed by atoms with Gasteiger partial charge in [-0.25, -0.2) is 27.5 Å². The second-order valence-corrected chi connectivity index (χ2v) is 13.3. The average Bonchev–Trinajstić information content (AvgIpc) is 3.30. The summed E-state index contributed by atoms with van der Waals surface area (Å²) in [5, 5.41) is 5.60. The molecule has 3 aromatic heterocycles. The summed E-state index contributed by atoms with van der Waals surface area (Å²) in [5.74, 6) is 1.90. The Morgan fingerprint density at radius 2 is 1.92 bits per heavy atom. The van der Waals surface area contributed by atoms with Crippen LogP contribution in [0.5, 0.6) is 0 Å². The number of sulfone groups is 1. The van der Waals surface area contributed by atoms with Gasteiger partial charge in [0.05, 0.1) is 35.8 Å². The van der Waals surface area contributed by atoms with Crippen LogP contribution in [0.1, 0.15) is 44.5 Å². The van der Waals surface area contributed by atoms with Crippen molar-refractivity contribution in [3.8, 4) is 5.82 Å². The van der Waals surface area contributed by atoms with Crippen LogP contribution in [-0.4, -0.2) is 85.2 Å². The van der Waals surface area contributed by atoms with Crippen molar-refractivity contribution in [1.82, 2.24) is 19.7 Å². The topological polar surface area (TPSA) is 93.5 Å². The van der Waals surface area contributed by atoms with Gasteiger partial charge >= 0.3 is 0 Å². The molecule has 0 spiro atoms. The van der Waals surface area contributed by atoms with Gasteiger partial charge in [0.25, 0.3) is 0 Å². The minimum Gasteiger partial charge on any atom is -0.378 e. The molecule has 3 aromatic rings. The number of pyridine rings is 2. The molecular formula is C27H37FN6O3S. The molecule has 0 amide bonds. The van der Waals surface area contributed by atoms with Crippen molar-refractivity contribution < 1.29 is 17.5 Å². The van der Waals surface area contributed by atoms with Crippen LogP contribution in [0, 0.1) is 12.8 Å². The molecule has 0 radical (unpaired) electrons. The van der Waals surface area contributed by atoms with E-state index in [0.29, 0.717) is 31.1 Å². The molecule has 206 valence electrons. The first-order valence-electron chi connectivity index (χ1n) is 13.2. The van der Waals surface area contributed by atoms with E-state index in [1.807, 2.05) is 28.6 Å². The standard InChI is InChI=1S/C27H37FN6O3S/c1-16(2)23-9-20(33-13-19(18(33)4)15-38(6,35)36)10-27(31-23)34-24-11-26(30-17(3)21(24)12-29-34)32-8-7-25(37-5)22(28)14-32/h9-12,16,18-19,22,25H,7-8,13-15H2,1-6H3/t18-,19-,22+,25-/m1/s1. The molecule has 9 nitrogen and oxygen atoms in total. The molecule has 4 atom stereocenters. The van der Waals surface area contributed by atoms with Crippen molar-refractivity contribution in [2.24, 2.45) is 5.92 Å². The fourth-order valence-electron chi connectivity index (χ4n) is 5.57. The van der Waals surface area contributed by atoms with Crippen LogP contribution >= 0.6 is 0 Å². The van der Waals surface area contributed by atoms with Crippen LogP contribution < -0.4 is 9.80 Å². The van der Waals surface area contributed by atoms with Crippen molar-refractivity contribution in [3.63, 3.8) is 0 Å². The van der Waals surface area contributed by atoms with Crippen LogP contribution in [0.2, 0.25) is 0 Å². The molecule has 0 saturated carbocycles. The van der Waals surface area contributed by atoms with Gasteiger partial charge in [0.15, 0.2) is 5.82 Å². The number of methoxy groups -OCH3 is 1. The largest absolute Gasteiger partial charge is 0.378 e. The molecule has 0 aliphatic carbocycles. The number of piperidine rings is 1. The predicted octanol–water partition coefficient (Wildman–Crippen LogP) is 3.68. The minimum atomic E-state index is -3.03. The summed E-state index contributed by atoms with van der Waals surface area (Å²) in [4.78, 5) is 13.9. The van der Waals surface area contributed by atoms with Gasteiger partial charge in [0, 0.05) is 67.3 Å². The van der Waals surface area contributed by atoms with Crippen LogP contribution in [0.25, 0.3) is 16.7 Å². The third-order valence-corrected chi connectivity index (χ3v) is 8.96. The number of alkyl halides is 1. The second kappa shape index (κ2) is 10.1. The molecule has 2 saturated heterocycles. The lowest BCUT2D eigenvalue weighted by atomic mass is 9.90. The Morgan fingerprint density at radius 1 is 1.16 bits per heavy atom. The summed E-state index contributed by atoms with van der Waals surface area (Å²) in [6.45, 7) is 9.81. The first kappa shape index (κ1) is 26.8. The number of ether oxygens (including phenoxy) is 1. The van der Waals surface area contributed by atoms with Gasteiger partial charge in [-0.2, -0.15) is 5.10 Å². The molecule has 0 bridgehead atoms. The number of aromatic nitrogens is 4. The van der Waals surface area contributed by atoms with E-state index in [0.717, 1.165) is 28.0 Å². The van der Waals surface area contributed by atoms with Gasteiger partial charge in [-0.1, -0.05) is 13.8 Å². The van der Waals surface area contributed by atoms with Crippen molar-refractivity contribution in [2.45, 2.75) is 58.4 Å². The maximum absolute atomic E-state index is 14.7. The molecule has 38 heavy (non-hydrogen) atoms. The first-order chi connectivity index (χ1) is 17.9. The number of aryl methyl sites for hydroxylation is 1. The normalized spacial score (nSPS) is 24.3. The second-order valence-electron chi connectivity index (χ2n) is 11.1. The summed E-state index contributed by atoms with van der Waals surface area (Å²) < 4.78 is 45.4. The molecule has 11 heteroatoms. The van der Waals surface area contributed by atoms with Gasteiger partial charge in [-0.3, -0.25) is 0 Å². The molecule has 2 aliphatic rings. The zero-order valence-corrected chi connectivity index (χ0v) is 23.7. The molecule has 2 aliphatic heterocycles. The highest BCUT2D eigenvalue weighted by Crippen LogP contribution is 2.35. The highest BCUT2D eigenvalue weighted by atomic mass is 32.2. The molecule has 0 N–H and O–H groups in total. The third kappa shape index (κ3) is 5.10. The summed E-state index contributed by atoms with van der Waals surface area (Å²) in [6.07, 6.45) is 2.24. The van der Waals surface area contributed by atoms with E-state index in [-0.39, 0.29) is 36.3 Å². The predicted molar refractivity (Wildman–Crippen MR) is 148 cm³/mol. The van der Waals surface area contributed by atoms with E-state index in [4.69, 9.17) is 14.7 Å². The molecule has 0 aromatic carbocycles. The zero-order valence-electron chi connectivity index (χ0n) is 22.9. The number of rotatable bonds is 7. The Labute approximate surface area is 223 Å². The fraction of sp³-hybridized carbons (Fsp3) is 0.593. The summed E-state index contributed by atoms with van der Waals surface area (Å²) in [5.41, 5.74) is 3.64. The lowest BCUT2D eigenvalue weighted by Crippen LogP contribution is -2.57. The van der Waals surface area contributed by atoms with Crippen molar-refractivity contribution >= 4 is 32.2 Å². The van der Waals surface area contributed by atoms with Crippen LogP contribution in [0.3, 0.4) is 0 Å².